The van der Waals surface area contributed by atoms with E-state index in [4.69, 9.17) is 0 Å². The standard InChI is InChI=1S/C18H24N2S/c1-4-12-20-18(14(2)17-7-5-6-13-19-17)15-8-10-16(21-3)11-9-15/h5-11,13-14,18,20H,4,12H2,1-3H3. The largest absolute Gasteiger partial charge is 0.309 e. The van der Waals surface area contributed by atoms with Crippen LogP contribution in [0.4, 0.5) is 0 Å². The number of aromatic nitrogens is 1. The Balaban J connectivity index is 2.24. The predicted octanol–water partition coefficient (Wildman–Crippen LogP) is 4.65. The number of hydrogen-bond donors (Lipinski definition) is 1. The van der Waals surface area contributed by atoms with Gasteiger partial charge in [0.1, 0.15) is 0 Å². The number of thioether (sulfide) groups is 1. The molecule has 1 heterocycles. The first kappa shape index (κ1) is 16.1. The van der Waals surface area contributed by atoms with Crippen LogP contribution in [0, 0.1) is 0 Å². The number of nitrogens with zero attached hydrogens (tertiary/aromatic N) is 1. The van der Waals surface area contributed by atoms with Gasteiger partial charge in [-0.25, -0.2) is 0 Å². The van der Waals surface area contributed by atoms with Gasteiger partial charge in [0.2, 0.25) is 0 Å². The molecule has 0 saturated heterocycles. The van der Waals surface area contributed by atoms with Crippen LogP contribution in [0.2, 0.25) is 0 Å². The lowest BCUT2D eigenvalue weighted by molar-refractivity contribution is 0.460. The van der Waals surface area contributed by atoms with Gasteiger partial charge in [-0.15, -0.1) is 11.8 Å². The van der Waals surface area contributed by atoms with Gasteiger partial charge in [-0.05, 0) is 49.1 Å². The first-order valence-corrected chi connectivity index (χ1v) is 8.77. The zero-order valence-corrected chi connectivity index (χ0v) is 13.9. The molecule has 2 atom stereocenters. The van der Waals surface area contributed by atoms with Crippen molar-refractivity contribution in [1.82, 2.24) is 10.3 Å². The molecule has 0 saturated carbocycles. The summed E-state index contributed by atoms with van der Waals surface area (Å²) in [6.45, 7) is 5.47. The van der Waals surface area contributed by atoms with Crippen LogP contribution in [0.15, 0.2) is 53.6 Å². The van der Waals surface area contributed by atoms with Crippen molar-refractivity contribution in [3.8, 4) is 0 Å². The van der Waals surface area contributed by atoms with E-state index in [1.165, 1.54) is 10.5 Å². The number of pyridine rings is 1. The molecular formula is C18H24N2S. The highest BCUT2D eigenvalue weighted by molar-refractivity contribution is 7.98. The summed E-state index contributed by atoms with van der Waals surface area (Å²) in [5.41, 5.74) is 2.47. The van der Waals surface area contributed by atoms with Crippen LogP contribution in [0.1, 0.15) is 43.5 Å². The Morgan fingerprint density at radius 3 is 2.48 bits per heavy atom. The normalized spacial score (nSPS) is 13.9. The van der Waals surface area contributed by atoms with Crippen LogP contribution in [0.25, 0.3) is 0 Å². The maximum atomic E-state index is 4.52. The maximum absolute atomic E-state index is 4.52. The van der Waals surface area contributed by atoms with E-state index in [-0.39, 0.29) is 0 Å². The van der Waals surface area contributed by atoms with E-state index in [1.807, 2.05) is 12.3 Å². The third kappa shape index (κ3) is 4.32. The Hall–Kier alpha value is -1.32. The van der Waals surface area contributed by atoms with Gasteiger partial charge < -0.3 is 5.32 Å². The molecule has 2 nitrogen and oxygen atoms in total. The first-order chi connectivity index (χ1) is 10.3. The average Bonchev–Trinajstić information content (AvgIpc) is 2.56. The molecule has 1 N–H and O–H groups in total. The molecular weight excluding hydrogens is 276 g/mol. The van der Waals surface area contributed by atoms with Crippen LogP contribution in [0.5, 0.6) is 0 Å². The van der Waals surface area contributed by atoms with Crippen LogP contribution in [0.3, 0.4) is 0 Å². The summed E-state index contributed by atoms with van der Waals surface area (Å²) in [4.78, 5) is 5.83. The first-order valence-electron chi connectivity index (χ1n) is 7.54. The number of benzene rings is 1. The molecule has 0 amide bonds. The topological polar surface area (TPSA) is 24.9 Å². The zero-order valence-electron chi connectivity index (χ0n) is 13.0. The Kier molecular flexibility index (Phi) is 6.27. The summed E-state index contributed by atoms with van der Waals surface area (Å²) in [7, 11) is 0. The Labute approximate surface area is 132 Å². The SMILES string of the molecule is CCCNC(c1ccc(SC)cc1)C(C)c1ccccn1. The van der Waals surface area contributed by atoms with Crippen molar-refractivity contribution in [2.75, 3.05) is 12.8 Å². The summed E-state index contributed by atoms with van der Waals surface area (Å²) in [6.07, 6.45) is 5.12. The molecule has 21 heavy (non-hydrogen) atoms. The van der Waals surface area contributed by atoms with E-state index in [1.54, 1.807) is 11.8 Å². The van der Waals surface area contributed by atoms with Crippen molar-refractivity contribution in [3.63, 3.8) is 0 Å². The quantitative estimate of drug-likeness (QED) is 0.754. The fourth-order valence-electron chi connectivity index (χ4n) is 2.51. The smallest absolute Gasteiger partial charge is 0.0450 e. The molecule has 1 aromatic heterocycles. The minimum Gasteiger partial charge on any atom is -0.309 e. The van der Waals surface area contributed by atoms with Crippen LogP contribution in [-0.2, 0) is 0 Å². The Morgan fingerprint density at radius 1 is 1.14 bits per heavy atom. The second kappa shape index (κ2) is 8.20. The van der Waals surface area contributed by atoms with Gasteiger partial charge in [0, 0.05) is 28.7 Å². The lowest BCUT2D eigenvalue weighted by atomic mass is 9.91. The minimum atomic E-state index is 0.302. The molecule has 0 aliphatic rings. The molecule has 112 valence electrons. The van der Waals surface area contributed by atoms with Crippen molar-refractivity contribution in [1.29, 1.82) is 0 Å². The molecule has 1 aromatic carbocycles. The fourth-order valence-corrected chi connectivity index (χ4v) is 2.92. The molecule has 0 radical (unpaired) electrons. The monoisotopic (exact) mass is 300 g/mol. The average molecular weight is 300 g/mol. The van der Waals surface area contributed by atoms with Gasteiger partial charge in [0.15, 0.2) is 0 Å². The third-order valence-corrected chi connectivity index (χ3v) is 4.49. The summed E-state index contributed by atoms with van der Waals surface area (Å²) in [6, 6.07) is 15.3. The van der Waals surface area contributed by atoms with Gasteiger partial charge in [0.05, 0.1) is 0 Å². The van der Waals surface area contributed by atoms with Gasteiger partial charge in [-0.1, -0.05) is 32.0 Å². The van der Waals surface area contributed by atoms with E-state index in [0.29, 0.717) is 12.0 Å². The second-order valence-corrected chi connectivity index (χ2v) is 6.13. The Morgan fingerprint density at radius 2 is 1.90 bits per heavy atom. The molecule has 0 aliphatic heterocycles. The van der Waals surface area contributed by atoms with Crippen molar-refractivity contribution in [2.24, 2.45) is 0 Å². The highest BCUT2D eigenvalue weighted by atomic mass is 32.2. The molecule has 2 aromatic rings. The molecule has 0 bridgehead atoms. The van der Waals surface area contributed by atoms with Crippen LogP contribution >= 0.6 is 11.8 Å². The molecule has 2 rings (SSSR count). The second-order valence-electron chi connectivity index (χ2n) is 5.25. The highest BCUT2D eigenvalue weighted by Gasteiger charge is 2.21. The highest BCUT2D eigenvalue weighted by Crippen LogP contribution is 2.30. The number of hydrogen-bond acceptors (Lipinski definition) is 3. The van der Waals surface area contributed by atoms with E-state index in [0.717, 1.165) is 18.7 Å². The fraction of sp³-hybridized carbons (Fsp3) is 0.389. The van der Waals surface area contributed by atoms with E-state index in [2.05, 4.69) is 66.8 Å². The predicted molar refractivity (Wildman–Crippen MR) is 91.9 cm³/mol. The lowest BCUT2D eigenvalue weighted by Gasteiger charge is -2.25. The summed E-state index contributed by atoms with van der Waals surface area (Å²) < 4.78 is 0. The van der Waals surface area contributed by atoms with E-state index in [9.17, 15) is 0 Å². The van der Waals surface area contributed by atoms with E-state index < -0.39 is 0 Å². The molecule has 3 heteroatoms. The molecule has 0 spiro atoms. The van der Waals surface area contributed by atoms with Gasteiger partial charge >= 0.3 is 0 Å². The Bertz CT molecular complexity index is 525. The van der Waals surface area contributed by atoms with Crippen molar-refractivity contribution < 1.29 is 0 Å². The third-order valence-electron chi connectivity index (χ3n) is 3.74. The zero-order chi connectivity index (χ0) is 15.1. The number of nitrogens with one attached hydrogen (secondary N) is 1. The van der Waals surface area contributed by atoms with Crippen LogP contribution in [-0.4, -0.2) is 17.8 Å². The summed E-state index contributed by atoms with van der Waals surface area (Å²) in [5.74, 6) is 0.345. The maximum Gasteiger partial charge on any atom is 0.0450 e. The minimum absolute atomic E-state index is 0.302. The van der Waals surface area contributed by atoms with Gasteiger partial charge in [-0.2, -0.15) is 0 Å². The molecule has 2 unspecified atom stereocenters. The lowest BCUT2D eigenvalue weighted by Crippen LogP contribution is -2.27. The van der Waals surface area contributed by atoms with Crippen molar-refractivity contribution in [3.05, 3.63) is 59.9 Å². The van der Waals surface area contributed by atoms with Crippen LogP contribution < -0.4 is 5.32 Å². The summed E-state index contributed by atoms with van der Waals surface area (Å²) >= 11 is 1.78. The molecule has 0 aliphatic carbocycles. The summed E-state index contributed by atoms with van der Waals surface area (Å²) in [5, 5.41) is 3.67. The van der Waals surface area contributed by atoms with E-state index >= 15 is 0 Å². The van der Waals surface area contributed by atoms with Gasteiger partial charge in [-0.3, -0.25) is 4.98 Å². The molecule has 0 fully saturated rings. The number of rotatable bonds is 7. The van der Waals surface area contributed by atoms with Crippen molar-refractivity contribution in [2.45, 2.75) is 37.1 Å². The van der Waals surface area contributed by atoms with Gasteiger partial charge in [0.25, 0.3) is 0 Å². The van der Waals surface area contributed by atoms with Crippen molar-refractivity contribution >= 4 is 11.8 Å².